The van der Waals surface area contributed by atoms with Gasteiger partial charge in [-0.25, -0.2) is 18.3 Å². The molecule has 1 aliphatic carbocycles. The van der Waals surface area contributed by atoms with Gasteiger partial charge in [0.05, 0.1) is 18.3 Å². The summed E-state index contributed by atoms with van der Waals surface area (Å²) in [7, 11) is 0. The molecule has 1 saturated carbocycles. The lowest BCUT2D eigenvalue weighted by molar-refractivity contribution is 0.0713. The number of rotatable bonds is 5. The molecule has 1 amide bonds. The van der Waals surface area contributed by atoms with Crippen LogP contribution in [0.5, 0.6) is 0 Å². The maximum Gasteiger partial charge on any atom is 0.280 e. The Kier molecular flexibility index (Phi) is 4.15. The third kappa shape index (κ3) is 3.10. The molecule has 8 heteroatoms. The fourth-order valence-electron chi connectivity index (χ4n) is 3.28. The van der Waals surface area contributed by atoms with E-state index in [0.29, 0.717) is 12.3 Å². The summed E-state index contributed by atoms with van der Waals surface area (Å²) in [5.74, 6) is -0.155. The van der Waals surface area contributed by atoms with E-state index in [1.165, 1.54) is 12.3 Å². The minimum atomic E-state index is -2.68. The molecule has 2 aromatic heterocycles. The fraction of sp³-hybridized carbons (Fsp3) is 0.588. The van der Waals surface area contributed by atoms with Crippen LogP contribution in [0, 0.1) is 0 Å². The average Bonchev–Trinajstić information content (AvgIpc) is 3.11. The minimum Gasteiger partial charge on any atom is -0.376 e. The zero-order chi connectivity index (χ0) is 17.6. The van der Waals surface area contributed by atoms with E-state index in [2.05, 4.69) is 15.4 Å². The normalized spacial score (nSPS) is 21.8. The predicted molar refractivity (Wildman–Crippen MR) is 85.8 cm³/mol. The first-order valence-corrected chi connectivity index (χ1v) is 8.64. The quantitative estimate of drug-likeness (QED) is 0.900. The molecule has 1 saturated heterocycles. The predicted octanol–water partition coefficient (Wildman–Crippen LogP) is 2.84. The van der Waals surface area contributed by atoms with Crippen molar-refractivity contribution in [2.45, 2.75) is 57.1 Å². The van der Waals surface area contributed by atoms with E-state index in [1.54, 1.807) is 0 Å². The lowest BCUT2D eigenvalue weighted by atomic mass is 10.1. The summed E-state index contributed by atoms with van der Waals surface area (Å²) in [4.78, 5) is 17.1. The molecule has 0 bridgehead atoms. The number of alkyl halides is 2. The lowest BCUT2D eigenvalue weighted by Gasteiger charge is -2.19. The average molecular weight is 350 g/mol. The van der Waals surface area contributed by atoms with Crippen LogP contribution >= 0.6 is 0 Å². The number of nitrogens with one attached hydrogen (secondary N) is 1. The number of ether oxygens (including phenoxy) is 1. The number of aromatic nitrogens is 3. The van der Waals surface area contributed by atoms with Gasteiger partial charge >= 0.3 is 0 Å². The second kappa shape index (κ2) is 6.33. The van der Waals surface area contributed by atoms with Gasteiger partial charge in [0.25, 0.3) is 12.3 Å². The van der Waals surface area contributed by atoms with E-state index < -0.39 is 6.43 Å². The number of nitrogens with zero attached hydrogens (tertiary/aromatic N) is 3. The SMILES string of the molecule is C[C@@H](NC(=O)c1cnn2c(C(F)F)cc(C3CC3)nc12)[C@@H]1CCCO1. The zero-order valence-electron chi connectivity index (χ0n) is 13.9. The van der Waals surface area contributed by atoms with Crippen LogP contribution in [-0.4, -0.2) is 39.3 Å². The van der Waals surface area contributed by atoms with Crippen molar-refractivity contribution in [3.63, 3.8) is 0 Å². The van der Waals surface area contributed by atoms with Crippen molar-refractivity contribution in [2.24, 2.45) is 0 Å². The maximum absolute atomic E-state index is 13.4. The molecule has 2 fully saturated rings. The number of hydrogen-bond donors (Lipinski definition) is 1. The Hall–Kier alpha value is -2.09. The largest absolute Gasteiger partial charge is 0.376 e. The molecule has 6 nitrogen and oxygen atoms in total. The number of hydrogen-bond acceptors (Lipinski definition) is 4. The van der Waals surface area contributed by atoms with E-state index in [1.807, 2.05) is 6.92 Å². The van der Waals surface area contributed by atoms with Crippen molar-refractivity contribution in [1.82, 2.24) is 19.9 Å². The molecule has 2 aromatic rings. The number of fused-ring (bicyclic) bond motifs is 1. The Bertz CT molecular complexity index is 797. The molecule has 2 aliphatic rings. The highest BCUT2D eigenvalue weighted by Gasteiger charge is 2.30. The molecular weight excluding hydrogens is 330 g/mol. The van der Waals surface area contributed by atoms with Gasteiger partial charge in [0, 0.05) is 18.2 Å². The van der Waals surface area contributed by atoms with Crippen LogP contribution in [0.4, 0.5) is 8.78 Å². The van der Waals surface area contributed by atoms with E-state index in [4.69, 9.17) is 4.74 Å². The standard InChI is InChI=1S/C17H20F2N4O2/c1-9(14-3-2-6-25-14)21-17(24)11-8-20-23-13(15(18)19)7-12(10-4-5-10)22-16(11)23/h7-10,14-15H,2-6H2,1H3,(H,21,24)/t9-,14+/m1/s1. The van der Waals surface area contributed by atoms with E-state index in [-0.39, 0.29) is 40.9 Å². The summed E-state index contributed by atoms with van der Waals surface area (Å²) in [5, 5.41) is 6.85. The Morgan fingerprint density at radius 1 is 1.40 bits per heavy atom. The topological polar surface area (TPSA) is 68.5 Å². The molecule has 25 heavy (non-hydrogen) atoms. The Labute approximate surface area is 143 Å². The van der Waals surface area contributed by atoms with Crippen molar-refractivity contribution < 1.29 is 18.3 Å². The smallest absolute Gasteiger partial charge is 0.280 e. The molecule has 3 heterocycles. The van der Waals surface area contributed by atoms with Gasteiger partial charge in [-0.2, -0.15) is 5.10 Å². The summed E-state index contributed by atoms with van der Waals surface area (Å²) < 4.78 is 33.4. The summed E-state index contributed by atoms with van der Waals surface area (Å²) in [6.45, 7) is 2.58. The molecular formula is C17H20F2N4O2. The Morgan fingerprint density at radius 2 is 2.20 bits per heavy atom. The van der Waals surface area contributed by atoms with Gasteiger partial charge < -0.3 is 10.1 Å². The molecule has 1 N–H and O–H groups in total. The summed E-state index contributed by atoms with van der Waals surface area (Å²) in [5.41, 5.74) is 0.800. The van der Waals surface area contributed by atoms with Gasteiger partial charge in [-0.05, 0) is 38.7 Å². The molecule has 2 atom stereocenters. The monoisotopic (exact) mass is 350 g/mol. The number of carbonyl (C=O) groups excluding carboxylic acids is 1. The Morgan fingerprint density at radius 3 is 2.84 bits per heavy atom. The van der Waals surface area contributed by atoms with Crippen LogP contribution in [0.3, 0.4) is 0 Å². The highest BCUT2D eigenvalue weighted by atomic mass is 19.3. The second-order valence-corrected chi connectivity index (χ2v) is 6.79. The molecule has 0 aromatic carbocycles. The first kappa shape index (κ1) is 16.4. The Balaban J connectivity index is 1.65. The molecule has 134 valence electrons. The summed E-state index contributed by atoms with van der Waals surface area (Å²) in [6, 6.07) is 1.24. The maximum atomic E-state index is 13.4. The van der Waals surface area contributed by atoms with Gasteiger partial charge in [-0.15, -0.1) is 0 Å². The third-order valence-corrected chi connectivity index (χ3v) is 4.86. The van der Waals surface area contributed by atoms with Gasteiger partial charge in [0.2, 0.25) is 0 Å². The number of carbonyl (C=O) groups is 1. The van der Waals surface area contributed by atoms with Crippen LogP contribution in [0.25, 0.3) is 5.65 Å². The first-order chi connectivity index (χ1) is 12.0. The fourth-order valence-corrected chi connectivity index (χ4v) is 3.28. The van der Waals surface area contributed by atoms with Gasteiger partial charge in [-0.3, -0.25) is 4.79 Å². The highest BCUT2D eigenvalue weighted by Crippen LogP contribution is 2.40. The van der Waals surface area contributed by atoms with Crippen LogP contribution in [0.2, 0.25) is 0 Å². The van der Waals surface area contributed by atoms with E-state index in [0.717, 1.165) is 30.2 Å². The van der Waals surface area contributed by atoms with E-state index >= 15 is 0 Å². The van der Waals surface area contributed by atoms with Crippen LogP contribution in [0.1, 0.15) is 66.7 Å². The van der Waals surface area contributed by atoms with Crippen molar-refractivity contribution in [1.29, 1.82) is 0 Å². The van der Waals surface area contributed by atoms with Crippen molar-refractivity contribution in [2.75, 3.05) is 6.61 Å². The first-order valence-electron chi connectivity index (χ1n) is 8.64. The molecule has 1 aliphatic heterocycles. The number of halogens is 2. The van der Waals surface area contributed by atoms with Crippen molar-refractivity contribution in [3.8, 4) is 0 Å². The number of amides is 1. The van der Waals surface area contributed by atoms with Gasteiger partial charge in [-0.1, -0.05) is 0 Å². The summed E-state index contributed by atoms with van der Waals surface area (Å²) >= 11 is 0. The van der Waals surface area contributed by atoms with E-state index in [9.17, 15) is 13.6 Å². The molecule has 0 unspecified atom stereocenters. The van der Waals surface area contributed by atoms with Crippen LogP contribution in [0.15, 0.2) is 12.3 Å². The van der Waals surface area contributed by atoms with Crippen LogP contribution in [-0.2, 0) is 4.74 Å². The molecule has 4 rings (SSSR count). The highest BCUT2D eigenvalue weighted by molar-refractivity contribution is 5.99. The van der Waals surface area contributed by atoms with Crippen molar-refractivity contribution in [3.05, 3.63) is 29.2 Å². The molecule has 0 radical (unpaired) electrons. The molecule has 0 spiro atoms. The van der Waals surface area contributed by atoms with Crippen molar-refractivity contribution >= 4 is 11.6 Å². The second-order valence-electron chi connectivity index (χ2n) is 6.79. The summed E-state index contributed by atoms with van der Waals surface area (Å²) in [6.07, 6.45) is 2.38. The van der Waals surface area contributed by atoms with Gasteiger partial charge in [0.15, 0.2) is 5.65 Å². The van der Waals surface area contributed by atoms with Crippen LogP contribution < -0.4 is 5.32 Å². The van der Waals surface area contributed by atoms with Gasteiger partial charge in [0.1, 0.15) is 11.3 Å². The zero-order valence-corrected chi connectivity index (χ0v) is 13.9. The minimum absolute atomic E-state index is 0.0163. The third-order valence-electron chi connectivity index (χ3n) is 4.86. The lowest BCUT2D eigenvalue weighted by Crippen LogP contribution is -2.40.